The van der Waals surface area contributed by atoms with E-state index in [1.54, 1.807) is 0 Å². The molecule has 0 heterocycles. The fraction of sp³-hybridized carbons (Fsp3) is 0.263. The zero-order valence-electron chi connectivity index (χ0n) is 15.4. The van der Waals surface area contributed by atoms with Gasteiger partial charge >= 0.3 is 0 Å². The van der Waals surface area contributed by atoms with Crippen LogP contribution >= 0.6 is 11.6 Å². The van der Waals surface area contributed by atoms with Gasteiger partial charge in [-0.05, 0) is 32.0 Å². The number of carbonyl (C=O) groups is 2. The maximum Gasteiger partial charge on any atom is 0.239 e. The minimum absolute atomic E-state index is 0.256. The first-order valence-electron chi connectivity index (χ1n) is 7.99. The number of nitrogens with one attached hydrogen (secondary N) is 2. The molecule has 0 aromatic heterocycles. The van der Waals surface area contributed by atoms with Crippen molar-refractivity contribution in [2.45, 2.75) is 13.8 Å². The van der Waals surface area contributed by atoms with E-state index in [0.29, 0.717) is 22.2 Å². The van der Waals surface area contributed by atoms with Gasteiger partial charge in [0.2, 0.25) is 11.8 Å². The van der Waals surface area contributed by atoms with Gasteiger partial charge in [0.25, 0.3) is 0 Å². The Labute approximate surface area is 161 Å². The zero-order chi connectivity index (χ0) is 20.2. The average molecular weight is 395 g/mol. The predicted molar refractivity (Wildman–Crippen MR) is 102 cm³/mol. The molecule has 27 heavy (non-hydrogen) atoms. The van der Waals surface area contributed by atoms with Crippen molar-refractivity contribution < 1.29 is 23.5 Å². The molecule has 0 spiro atoms. The largest absolute Gasteiger partial charge is 0.495 e. The highest BCUT2D eigenvalue weighted by atomic mass is 35.5. The third kappa shape index (κ3) is 4.68. The standard InChI is InChI=1S/C19H20ClFN2O4/c1-19(2,17(24)22-12-7-5-6-11(21)8-12)18(25)23-14-10-15(26-3)13(20)9-16(14)27-4/h5-10H,1-4H3,(H,22,24)(H,23,25). The molecule has 144 valence electrons. The predicted octanol–water partition coefficient (Wildman–Crippen LogP) is 4.10. The Morgan fingerprint density at radius 1 is 1.00 bits per heavy atom. The van der Waals surface area contributed by atoms with Crippen molar-refractivity contribution in [1.29, 1.82) is 0 Å². The van der Waals surface area contributed by atoms with Crippen LogP contribution < -0.4 is 20.1 Å². The topological polar surface area (TPSA) is 76.7 Å². The first-order valence-corrected chi connectivity index (χ1v) is 8.36. The molecule has 2 amide bonds. The third-order valence-electron chi connectivity index (χ3n) is 3.94. The van der Waals surface area contributed by atoms with Crippen molar-refractivity contribution >= 4 is 34.8 Å². The number of amides is 2. The molecule has 2 N–H and O–H groups in total. The van der Waals surface area contributed by atoms with Crippen molar-refractivity contribution in [3.05, 3.63) is 47.2 Å². The molecule has 2 rings (SSSR count). The SMILES string of the molecule is COc1cc(NC(=O)C(C)(C)C(=O)Nc2cccc(F)c2)c(OC)cc1Cl. The number of hydrogen-bond donors (Lipinski definition) is 2. The van der Waals surface area contributed by atoms with Crippen LogP contribution in [0.2, 0.25) is 5.02 Å². The van der Waals surface area contributed by atoms with Gasteiger partial charge in [-0.2, -0.15) is 0 Å². The molecule has 6 nitrogen and oxygen atoms in total. The Hall–Kier alpha value is -2.80. The number of halogens is 2. The van der Waals surface area contributed by atoms with Gasteiger partial charge in [-0.1, -0.05) is 17.7 Å². The summed E-state index contributed by atoms with van der Waals surface area (Å²) in [6.45, 7) is 2.91. The van der Waals surface area contributed by atoms with E-state index in [-0.39, 0.29) is 5.69 Å². The van der Waals surface area contributed by atoms with E-state index in [1.807, 2.05) is 0 Å². The summed E-state index contributed by atoms with van der Waals surface area (Å²) < 4.78 is 23.6. The molecule has 0 saturated heterocycles. The second-order valence-corrected chi connectivity index (χ2v) is 6.64. The Morgan fingerprint density at radius 2 is 1.63 bits per heavy atom. The average Bonchev–Trinajstić information content (AvgIpc) is 2.62. The fourth-order valence-corrected chi connectivity index (χ4v) is 2.42. The number of methoxy groups -OCH3 is 2. The van der Waals surface area contributed by atoms with Gasteiger partial charge in [-0.15, -0.1) is 0 Å². The molecule has 0 aliphatic carbocycles. The molecule has 2 aromatic carbocycles. The van der Waals surface area contributed by atoms with Crippen LogP contribution in [0.5, 0.6) is 11.5 Å². The van der Waals surface area contributed by atoms with E-state index in [1.165, 1.54) is 64.5 Å². The summed E-state index contributed by atoms with van der Waals surface area (Å²) in [5.41, 5.74) is -0.897. The van der Waals surface area contributed by atoms with Crippen LogP contribution in [0.4, 0.5) is 15.8 Å². The summed E-state index contributed by atoms with van der Waals surface area (Å²) in [4.78, 5) is 25.2. The molecule has 0 atom stereocenters. The number of ether oxygens (including phenoxy) is 2. The van der Waals surface area contributed by atoms with E-state index < -0.39 is 23.0 Å². The van der Waals surface area contributed by atoms with Gasteiger partial charge in [0.05, 0.1) is 24.9 Å². The van der Waals surface area contributed by atoms with Gasteiger partial charge in [-0.3, -0.25) is 9.59 Å². The third-order valence-corrected chi connectivity index (χ3v) is 4.24. The summed E-state index contributed by atoms with van der Waals surface area (Å²) >= 11 is 6.05. The van der Waals surface area contributed by atoms with Crippen LogP contribution in [0.3, 0.4) is 0 Å². The Morgan fingerprint density at radius 3 is 2.22 bits per heavy atom. The molecule has 8 heteroatoms. The molecule has 0 unspecified atom stereocenters. The first-order chi connectivity index (χ1) is 12.7. The molecule has 0 bridgehead atoms. The number of benzene rings is 2. The lowest BCUT2D eigenvalue weighted by atomic mass is 9.90. The fourth-order valence-electron chi connectivity index (χ4n) is 2.19. The Balaban J connectivity index is 2.21. The number of hydrogen-bond acceptors (Lipinski definition) is 4. The van der Waals surface area contributed by atoms with Crippen LogP contribution in [0.15, 0.2) is 36.4 Å². The van der Waals surface area contributed by atoms with Gasteiger partial charge < -0.3 is 20.1 Å². The maximum atomic E-state index is 13.3. The normalized spacial score (nSPS) is 10.9. The summed E-state index contributed by atoms with van der Waals surface area (Å²) in [5.74, 6) is -1.01. The second-order valence-electron chi connectivity index (χ2n) is 6.23. The minimum Gasteiger partial charge on any atom is -0.495 e. The summed E-state index contributed by atoms with van der Waals surface area (Å²) in [5, 5.41) is 5.49. The van der Waals surface area contributed by atoms with Crippen molar-refractivity contribution in [1.82, 2.24) is 0 Å². The number of rotatable bonds is 6. The summed E-state index contributed by atoms with van der Waals surface area (Å²) in [6.07, 6.45) is 0. The minimum atomic E-state index is -1.45. The van der Waals surface area contributed by atoms with Gasteiger partial charge in [0, 0.05) is 17.8 Å². The second kappa shape index (κ2) is 8.26. The van der Waals surface area contributed by atoms with E-state index in [2.05, 4.69) is 10.6 Å². The summed E-state index contributed by atoms with van der Waals surface area (Å²) in [7, 11) is 2.87. The first kappa shape index (κ1) is 20.5. The maximum absolute atomic E-state index is 13.3. The Bertz CT molecular complexity index is 871. The van der Waals surface area contributed by atoms with Gasteiger partial charge in [0.1, 0.15) is 22.7 Å². The van der Waals surface area contributed by atoms with E-state index in [0.717, 1.165) is 0 Å². The molecule has 0 fully saturated rings. The smallest absolute Gasteiger partial charge is 0.239 e. The molecule has 2 aromatic rings. The van der Waals surface area contributed by atoms with E-state index in [4.69, 9.17) is 21.1 Å². The van der Waals surface area contributed by atoms with Crippen molar-refractivity contribution in [3.8, 4) is 11.5 Å². The van der Waals surface area contributed by atoms with Crippen LogP contribution in [0.25, 0.3) is 0 Å². The van der Waals surface area contributed by atoms with Crippen LogP contribution in [-0.2, 0) is 9.59 Å². The Kier molecular flexibility index (Phi) is 6.28. The van der Waals surface area contributed by atoms with Crippen LogP contribution in [0.1, 0.15) is 13.8 Å². The summed E-state index contributed by atoms with van der Waals surface area (Å²) in [6, 6.07) is 8.41. The quantitative estimate of drug-likeness (QED) is 0.723. The van der Waals surface area contributed by atoms with Gasteiger partial charge in [0.15, 0.2) is 0 Å². The monoisotopic (exact) mass is 394 g/mol. The van der Waals surface area contributed by atoms with Crippen LogP contribution in [-0.4, -0.2) is 26.0 Å². The van der Waals surface area contributed by atoms with E-state index in [9.17, 15) is 14.0 Å². The highest BCUT2D eigenvalue weighted by Crippen LogP contribution is 2.36. The molecule has 0 aliphatic heterocycles. The van der Waals surface area contributed by atoms with Crippen molar-refractivity contribution in [2.75, 3.05) is 24.9 Å². The molecular formula is C19H20ClFN2O4. The zero-order valence-corrected chi connectivity index (χ0v) is 16.1. The van der Waals surface area contributed by atoms with E-state index >= 15 is 0 Å². The highest BCUT2D eigenvalue weighted by molar-refractivity contribution is 6.32. The molecule has 0 saturated carbocycles. The number of anilines is 2. The van der Waals surface area contributed by atoms with Crippen molar-refractivity contribution in [2.24, 2.45) is 5.41 Å². The number of carbonyl (C=O) groups excluding carboxylic acids is 2. The highest BCUT2D eigenvalue weighted by Gasteiger charge is 2.36. The lowest BCUT2D eigenvalue weighted by molar-refractivity contribution is -0.135. The van der Waals surface area contributed by atoms with Gasteiger partial charge in [-0.25, -0.2) is 4.39 Å². The molecule has 0 radical (unpaired) electrons. The van der Waals surface area contributed by atoms with Crippen molar-refractivity contribution in [3.63, 3.8) is 0 Å². The lowest BCUT2D eigenvalue weighted by Gasteiger charge is -2.23. The lowest BCUT2D eigenvalue weighted by Crippen LogP contribution is -2.41. The molecule has 0 aliphatic rings. The molecular weight excluding hydrogens is 375 g/mol. The van der Waals surface area contributed by atoms with Crippen LogP contribution in [0, 0.1) is 11.2 Å².